The lowest BCUT2D eigenvalue weighted by atomic mass is 10.5. The van der Waals surface area contributed by atoms with Gasteiger partial charge in [-0.05, 0) is 0 Å². The predicted octanol–water partition coefficient (Wildman–Crippen LogP) is -0.475. The van der Waals surface area contributed by atoms with Gasteiger partial charge in [0.2, 0.25) is 0 Å². The quantitative estimate of drug-likeness (QED) is 0.386. The van der Waals surface area contributed by atoms with Crippen LogP contribution in [0.4, 0.5) is 0 Å². The monoisotopic (exact) mass is 115 g/mol. The van der Waals surface area contributed by atoms with Gasteiger partial charge >= 0.3 is 0 Å². The van der Waals surface area contributed by atoms with Gasteiger partial charge in [-0.1, -0.05) is 6.58 Å². The first kappa shape index (κ1) is 7.46. The van der Waals surface area contributed by atoms with E-state index in [0.717, 1.165) is 5.70 Å². The SMILES string of the molecule is C=C(CN(C)N)NC. The summed E-state index contributed by atoms with van der Waals surface area (Å²) in [4.78, 5) is 0. The molecular weight excluding hydrogens is 102 g/mol. The number of nitrogens with one attached hydrogen (secondary N) is 1. The lowest BCUT2D eigenvalue weighted by Crippen LogP contribution is -2.30. The lowest BCUT2D eigenvalue weighted by Gasteiger charge is -2.10. The molecule has 0 saturated heterocycles. The number of nitrogens with two attached hydrogens (primary N) is 1. The molecule has 0 atom stereocenters. The molecule has 0 fully saturated rings. The van der Waals surface area contributed by atoms with Gasteiger partial charge in [-0.15, -0.1) is 0 Å². The third-order valence-corrected chi connectivity index (χ3v) is 0.794. The summed E-state index contributed by atoms with van der Waals surface area (Å²) in [6.07, 6.45) is 0. The molecule has 0 aliphatic carbocycles. The fraction of sp³-hybridized carbons (Fsp3) is 0.600. The van der Waals surface area contributed by atoms with Crippen LogP contribution in [-0.2, 0) is 0 Å². The normalized spacial score (nSPS) is 9.50. The molecule has 0 amide bonds. The molecule has 0 aromatic heterocycles. The summed E-state index contributed by atoms with van der Waals surface area (Å²) in [5, 5.41) is 4.45. The van der Waals surface area contributed by atoms with E-state index in [0.29, 0.717) is 6.54 Å². The van der Waals surface area contributed by atoms with E-state index in [9.17, 15) is 0 Å². The Kier molecular flexibility index (Phi) is 3.23. The number of likely N-dealkylation sites (N-methyl/N-ethyl adjacent to an activating group) is 2. The maximum absolute atomic E-state index is 5.30. The smallest absolute Gasteiger partial charge is 0.0517 e. The molecule has 3 heteroatoms. The van der Waals surface area contributed by atoms with Crippen LogP contribution in [0.1, 0.15) is 0 Å². The molecule has 8 heavy (non-hydrogen) atoms. The molecule has 0 spiro atoms. The van der Waals surface area contributed by atoms with Crippen molar-refractivity contribution in [2.24, 2.45) is 5.84 Å². The Morgan fingerprint density at radius 1 is 1.88 bits per heavy atom. The molecule has 0 aromatic rings. The second-order valence-corrected chi connectivity index (χ2v) is 1.77. The van der Waals surface area contributed by atoms with E-state index in [2.05, 4.69) is 11.9 Å². The van der Waals surface area contributed by atoms with Gasteiger partial charge in [0.05, 0.1) is 6.54 Å². The van der Waals surface area contributed by atoms with Crippen molar-refractivity contribution in [3.05, 3.63) is 12.3 Å². The molecule has 0 aliphatic rings. The van der Waals surface area contributed by atoms with Crippen LogP contribution in [0.5, 0.6) is 0 Å². The average Bonchev–Trinajstić information content (AvgIpc) is 1.65. The maximum Gasteiger partial charge on any atom is 0.0517 e. The molecule has 48 valence electrons. The highest BCUT2D eigenvalue weighted by atomic mass is 15.4. The highest BCUT2D eigenvalue weighted by Gasteiger charge is 1.89. The Morgan fingerprint density at radius 3 is 2.50 bits per heavy atom. The Morgan fingerprint density at radius 2 is 2.38 bits per heavy atom. The molecule has 0 saturated carbocycles. The van der Waals surface area contributed by atoms with E-state index >= 15 is 0 Å². The van der Waals surface area contributed by atoms with Crippen molar-refractivity contribution in [1.29, 1.82) is 0 Å². The minimum Gasteiger partial charge on any atom is -0.391 e. The number of nitrogens with zero attached hydrogens (tertiary/aromatic N) is 1. The Labute approximate surface area is 50.1 Å². The first-order valence-electron chi connectivity index (χ1n) is 2.48. The van der Waals surface area contributed by atoms with Crippen LogP contribution in [0.25, 0.3) is 0 Å². The van der Waals surface area contributed by atoms with Gasteiger partial charge < -0.3 is 5.32 Å². The highest BCUT2D eigenvalue weighted by Crippen LogP contribution is 1.80. The van der Waals surface area contributed by atoms with Crippen molar-refractivity contribution in [3.63, 3.8) is 0 Å². The minimum atomic E-state index is 0.691. The molecule has 0 radical (unpaired) electrons. The van der Waals surface area contributed by atoms with Crippen molar-refractivity contribution in [1.82, 2.24) is 10.3 Å². The average molecular weight is 115 g/mol. The van der Waals surface area contributed by atoms with Crippen LogP contribution in [0.15, 0.2) is 12.3 Å². The summed E-state index contributed by atoms with van der Waals surface area (Å²) in [5.41, 5.74) is 0.926. The maximum atomic E-state index is 5.30. The summed E-state index contributed by atoms with van der Waals surface area (Å²) in [6.45, 7) is 4.37. The third-order valence-electron chi connectivity index (χ3n) is 0.794. The van der Waals surface area contributed by atoms with Gasteiger partial charge in [-0.3, -0.25) is 5.84 Å². The predicted molar refractivity (Wildman–Crippen MR) is 35.0 cm³/mol. The Bertz CT molecular complexity index is 77.7. The van der Waals surface area contributed by atoms with Gasteiger partial charge in [0.1, 0.15) is 0 Å². The van der Waals surface area contributed by atoms with Crippen LogP contribution in [0.2, 0.25) is 0 Å². The van der Waals surface area contributed by atoms with Crippen LogP contribution >= 0.6 is 0 Å². The molecule has 3 nitrogen and oxygen atoms in total. The molecule has 0 heterocycles. The summed E-state index contributed by atoms with van der Waals surface area (Å²) in [7, 11) is 3.62. The van der Waals surface area contributed by atoms with Crippen molar-refractivity contribution >= 4 is 0 Å². The summed E-state index contributed by atoms with van der Waals surface area (Å²) < 4.78 is 0. The van der Waals surface area contributed by atoms with E-state index in [1.54, 1.807) is 12.1 Å². The van der Waals surface area contributed by atoms with Gasteiger partial charge in [-0.25, -0.2) is 5.01 Å². The first-order valence-corrected chi connectivity index (χ1v) is 2.48. The second-order valence-electron chi connectivity index (χ2n) is 1.77. The molecule has 0 unspecified atom stereocenters. The van der Waals surface area contributed by atoms with E-state index < -0.39 is 0 Å². The zero-order chi connectivity index (χ0) is 6.57. The fourth-order valence-corrected chi connectivity index (χ4v) is 0.380. The largest absolute Gasteiger partial charge is 0.391 e. The molecule has 0 aliphatic heterocycles. The van der Waals surface area contributed by atoms with Gasteiger partial charge in [0.15, 0.2) is 0 Å². The fourth-order valence-electron chi connectivity index (χ4n) is 0.380. The van der Waals surface area contributed by atoms with E-state index in [1.165, 1.54) is 0 Å². The first-order chi connectivity index (χ1) is 3.66. The summed E-state index contributed by atoms with van der Waals surface area (Å²) >= 11 is 0. The van der Waals surface area contributed by atoms with Gasteiger partial charge in [0.25, 0.3) is 0 Å². The van der Waals surface area contributed by atoms with Crippen LogP contribution < -0.4 is 11.2 Å². The van der Waals surface area contributed by atoms with Crippen LogP contribution in [0.3, 0.4) is 0 Å². The molecule has 0 rings (SSSR count). The van der Waals surface area contributed by atoms with Crippen LogP contribution in [-0.4, -0.2) is 25.6 Å². The molecule has 3 N–H and O–H groups in total. The highest BCUT2D eigenvalue weighted by molar-refractivity contribution is 4.91. The molecule has 0 aromatic carbocycles. The number of hydrogen-bond donors (Lipinski definition) is 2. The van der Waals surface area contributed by atoms with E-state index in [-0.39, 0.29) is 0 Å². The Balaban J connectivity index is 3.25. The zero-order valence-electron chi connectivity index (χ0n) is 5.44. The Hall–Kier alpha value is -0.540. The molecular formula is C5H13N3. The third kappa shape index (κ3) is 3.64. The van der Waals surface area contributed by atoms with E-state index in [4.69, 9.17) is 5.84 Å². The van der Waals surface area contributed by atoms with E-state index in [1.807, 2.05) is 7.05 Å². The van der Waals surface area contributed by atoms with Gasteiger partial charge in [0, 0.05) is 19.8 Å². The van der Waals surface area contributed by atoms with Crippen molar-refractivity contribution in [2.75, 3.05) is 20.6 Å². The summed E-state index contributed by atoms with van der Waals surface area (Å²) in [6, 6.07) is 0. The number of hydrogen-bond acceptors (Lipinski definition) is 3. The summed E-state index contributed by atoms with van der Waals surface area (Å²) in [5.74, 6) is 5.30. The topological polar surface area (TPSA) is 41.3 Å². The van der Waals surface area contributed by atoms with Crippen molar-refractivity contribution in [3.8, 4) is 0 Å². The minimum absolute atomic E-state index is 0.691. The molecule has 0 bridgehead atoms. The van der Waals surface area contributed by atoms with Crippen molar-refractivity contribution < 1.29 is 0 Å². The standard InChI is InChI=1S/C5H13N3/c1-5(7-2)4-8(3)6/h7H,1,4,6H2,2-3H3. The number of hydrazine groups is 1. The second kappa shape index (κ2) is 3.46. The number of rotatable bonds is 3. The zero-order valence-corrected chi connectivity index (χ0v) is 5.44. The van der Waals surface area contributed by atoms with Crippen molar-refractivity contribution in [2.45, 2.75) is 0 Å². The van der Waals surface area contributed by atoms with Crippen LogP contribution in [0, 0.1) is 0 Å². The van der Waals surface area contributed by atoms with Gasteiger partial charge in [-0.2, -0.15) is 0 Å². The lowest BCUT2D eigenvalue weighted by molar-refractivity contribution is 0.374.